The third kappa shape index (κ3) is 2.38. The minimum absolute atomic E-state index is 0.333. The Kier molecular flexibility index (Phi) is 3.38. The Bertz CT molecular complexity index is 361. The van der Waals surface area contributed by atoms with Crippen molar-refractivity contribution >= 4 is 29.2 Å². The fourth-order valence-corrected chi connectivity index (χ4v) is 2.87. The van der Waals surface area contributed by atoms with Gasteiger partial charge in [-0.05, 0) is 37.2 Å². The van der Waals surface area contributed by atoms with E-state index in [9.17, 15) is 4.39 Å². The lowest BCUT2D eigenvalue weighted by Gasteiger charge is -2.35. The number of benzene rings is 1. The molecular weight excluding hydrogens is 235 g/mol. The van der Waals surface area contributed by atoms with E-state index in [2.05, 4.69) is 4.31 Å². The van der Waals surface area contributed by atoms with Crippen molar-refractivity contribution in [3.8, 4) is 0 Å². The molecular formula is C10H12ClFN2S. The van der Waals surface area contributed by atoms with Crippen LogP contribution in [0.2, 0.25) is 5.02 Å². The Balaban J connectivity index is 2.33. The van der Waals surface area contributed by atoms with Crippen LogP contribution in [0.15, 0.2) is 23.1 Å². The van der Waals surface area contributed by atoms with Crippen LogP contribution in [0.4, 0.5) is 10.1 Å². The summed E-state index contributed by atoms with van der Waals surface area (Å²) in [6, 6.07) is 5.72. The van der Waals surface area contributed by atoms with E-state index in [1.165, 1.54) is 0 Å². The quantitative estimate of drug-likeness (QED) is 0.741. The first-order chi connectivity index (χ1) is 7.20. The lowest BCUT2D eigenvalue weighted by Crippen LogP contribution is -2.37. The first-order valence-corrected chi connectivity index (χ1v) is 5.85. The zero-order chi connectivity index (χ0) is 10.8. The molecule has 1 aliphatic heterocycles. The molecule has 0 spiro atoms. The second-order valence-electron chi connectivity index (χ2n) is 3.43. The van der Waals surface area contributed by atoms with E-state index in [0.717, 1.165) is 22.3 Å². The average Bonchev–Trinajstić information content (AvgIpc) is 2.17. The Hall–Kier alpha value is -0.450. The maximum atomic E-state index is 12.4. The summed E-state index contributed by atoms with van der Waals surface area (Å²) in [5.41, 5.74) is 1.07. The Morgan fingerprint density at radius 2 is 2.33 bits per heavy atom. The van der Waals surface area contributed by atoms with Gasteiger partial charge in [-0.2, -0.15) is 0 Å². The van der Waals surface area contributed by atoms with Gasteiger partial charge in [0.05, 0.1) is 12.4 Å². The Morgan fingerprint density at radius 3 is 3.07 bits per heavy atom. The molecule has 1 aliphatic rings. The molecule has 1 heterocycles. The monoisotopic (exact) mass is 246 g/mol. The molecule has 2 rings (SSSR count). The fourth-order valence-electron chi connectivity index (χ4n) is 1.63. The van der Waals surface area contributed by atoms with Gasteiger partial charge < -0.3 is 4.90 Å². The number of rotatable bonds is 2. The van der Waals surface area contributed by atoms with Crippen molar-refractivity contribution in [2.75, 3.05) is 31.8 Å². The molecule has 15 heavy (non-hydrogen) atoms. The molecule has 0 radical (unpaired) electrons. The summed E-state index contributed by atoms with van der Waals surface area (Å²) >= 11 is 7.57. The number of alkyl halides is 1. The molecule has 0 saturated heterocycles. The molecule has 82 valence electrons. The second kappa shape index (κ2) is 4.60. The van der Waals surface area contributed by atoms with Crippen LogP contribution in [0.5, 0.6) is 0 Å². The van der Waals surface area contributed by atoms with Crippen molar-refractivity contribution in [1.29, 1.82) is 0 Å². The summed E-state index contributed by atoms with van der Waals surface area (Å²) in [6.07, 6.45) is 0. The summed E-state index contributed by atoms with van der Waals surface area (Å²) in [6.45, 7) is 0.837. The summed E-state index contributed by atoms with van der Waals surface area (Å²) < 4.78 is 14.4. The smallest absolute Gasteiger partial charge is 0.107 e. The highest BCUT2D eigenvalue weighted by atomic mass is 35.5. The van der Waals surface area contributed by atoms with E-state index in [1.54, 1.807) is 11.9 Å². The van der Waals surface area contributed by atoms with Crippen molar-refractivity contribution in [3.05, 3.63) is 23.2 Å². The van der Waals surface area contributed by atoms with Gasteiger partial charge >= 0.3 is 0 Å². The van der Waals surface area contributed by atoms with Crippen LogP contribution in [0.1, 0.15) is 0 Å². The van der Waals surface area contributed by atoms with Crippen LogP contribution in [0, 0.1) is 0 Å². The minimum Gasteiger partial charge on any atom is -0.354 e. The molecule has 0 saturated carbocycles. The predicted molar refractivity (Wildman–Crippen MR) is 63.3 cm³/mol. The third-order valence-corrected chi connectivity index (χ3v) is 3.43. The summed E-state index contributed by atoms with van der Waals surface area (Å²) in [7, 11) is 1.99. The van der Waals surface area contributed by atoms with Crippen LogP contribution >= 0.6 is 23.5 Å². The molecule has 2 nitrogen and oxygen atoms in total. The number of fused-ring (bicyclic) bond motifs is 1. The van der Waals surface area contributed by atoms with Crippen LogP contribution < -0.4 is 4.90 Å². The van der Waals surface area contributed by atoms with Gasteiger partial charge in [0, 0.05) is 16.5 Å². The molecule has 0 unspecified atom stereocenters. The highest BCUT2D eigenvalue weighted by molar-refractivity contribution is 7.97. The van der Waals surface area contributed by atoms with Gasteiger partial charge in [-0.3, -0.25) is 0 Å². The molecule has 0 bridgehead atoms. The molecule has 0 fully saturated rings. The van der Waals surface area contributed by atoms with Crippen LogP contribution in [0.25, 0.3) is 0 Å². The van der Waals surface area contributed by atoms with Gasteiger partial charge in [0.15, 0.2) is 0 Å². The van der Waals surface area contributed by atoms with Crippen molar-refractivity contribution in [1.82, 2.24) is 4.31 Å². The number of nitrogens with zero attached hydrogens (tertiary/aromatic N) is 2. The summed E-state index contributed by atoms with van der Waals surface area (Å²) in [5.74, 6) is 0. The first-order valence-electron chi connectivity index (χ1n) is 4.70. The van der Waals surface area contributed by atoms with Gasteiger partial charge in [-0.25, -0.2) is 8.70 Å². The summed E-state index contributed by atoms with van der Waals surface area (Å²) in [4.78, 5) is 3.10. The van der Waals surface area contributed by atoms with Gasteiger partial charge in [-0.1, -0.05) is 11.6 Å². The van der Waals surface area contributed by atoms with Crippen molar-refractivity contribution in [2.45, 2.75) is 4.90 Å². The van der Waals surface area contributed by atoms with Crippen molar-refractivity contribution in [2.24, 2.45) is 0 Å². The van der Waals surface area contributed by atoms with Gasteiger partial charge in [-0.15, -0.1) is 0 Å². The number of anilines is 1. The SMILES string of the molecule is CN1CN(CCF)c2ccc(Cl)cc2S1. The number of hydrogen-bond acceptors (Lipinski definition) is 3. The zero-order valence-corrected chi connectivity index (χ0v) is 9.98. The first kappa shape index (κ1) is 11.0. The van der Waals surface area contributed by atoms with E-state index in [1.807, 2.05) is 30.1 Å². The molecule has 0 aromatic heterocycles. The topological polar surface area (TPSA) is 6.48 Å². The lowest BCUT2D eigenvalue weighted by molar-refractivity contribution is 0.457. The molecule has 1 aromatic carbocycles. The highest BCUT2D eigenvalue weighted by Gasteiger charge is 2.20. The molecule has 5 heteroatoms. The van der Waals surface area contributed by atoms with Gasteiger partial charge in [0.2, 0.25) is 0 Å². The zero-order valence-electron chi connectivity index (χ0n) is 8.41. The second-order valence-corrected chi connectivity index (χ2v) is 5.11. The number of hydrogen-bond donors (Lipinski definition) is 0. The molecule has 0 amide bonds. The third-order valence-electron chi connectivity index (χ3n) is 2.24. The maximum Gasteiger partial charge on any atom is 0.107 e. The minimum atomic E-state index is -0.333. The molecule has 0 atom stereocenters. The number of halogens is 2. The fraction of sp³-hybridized carbons (Fsp3) is 0.400. The average molecular weight is 247 g/mol. The largest absolute Gasteiger partial charge is 0.354 e. The van der Waals surface area contributed by atoms with Gasteiger partial charge in [0.1, 0.15) is 6.67 Å². The Labute approximate surface area is 98.1 Å². The van der Waals surface area contributed by atoms with Crippen LogP contribution in [-0.2, 0) is 0 Å². The molecule has 0 N–H and O–H groups in total. The van der Waals surface area contributed by atoms with Crippen LogP contribution in [-0.4, -0.2) is 31.2 Å². The predicted octanol–water partition coefficient (Wildman–Crippen LogP) is 3.03. The van der Waals surface area contributed by atoms with Crippen LogP contribution in [0.3, 0.4) is 0 Å². The van der Waals surface area contributed by atoms with E-state index < -0.39 is 0 Å². The molecule has 0 aliphatic carbocycles. The van der Waals surface area contributed by atoms with Crippen molar-refractivity contribution in [3.63, 3.8) is 0 Å². The molecule has 1 aromatic rings. The van der Waals surface area contributed by atoms with E-state index in [4.69, 9.17) is 11.6 Å². The lowest BCUT2D eigenvalue weighted by atomic mass is 10.3. The normalized spacial score (nSPS) is 16.6. The standard InChI is InChI=1S/C10H12ClFN2S/c1-13-7-14(5-4-12)9-3-2-8(11)6-10(9)15-13/h2-3,6H,4-5,7H2,1H3. The summed E-state index contributed by atoms with van der Waals surface area (Å²) in [5, 5.41) is 0.719. The van der Waals surface area contributed by atoms with E-state index in [-0.39, 0.29) is 6.67 Å². The van der Waals surface area contributed by atoms with Crippen molar-refractivity contribution < 1.29 is 4.39 Å². The maximum absolute atomic E-state index is 12.4. The van der Waals surface area contributed by atoms with Gasteiger partial charge in [0.25, 0.3) is 0 Å². The highest BCUT2D eigenvalue weighted by Crippen LogP contribution is 2.38. The Morgan fingerprint density at radius 1 is 1.53 bits per heavy atom. The van der Waals surface area contributed by atoms with E-state index in [0.29, 0.717) is 6.54 Å². The van der Waals surface area contributed by atoms with E-state index >= 15 is 0 Å².